The topological polar surface area (TPSA) is 115 Å². The molecule has 9 nitrogen and oxygen atoms in total. The van der Waals surface area contributed by atoms with Gasteiger partial charge in [-0.2, -0.15) is 0 Å². The molecule has 0 saturated heterocycles. The minimum Gasteiger partial charge on any atom is -0.503 e. The summed E-state index contributed by atoms with van der Waals surface area (Å²) in [5.74, 6) is -1.16. The van der Waals surface area contributed by atoms with E-state index < -0.39 is 23.5 Å². The van der Waals surface area contributed by atoms with E-state index in [0.717, 1.165) is 10.9 Å². The van der Waals surface area contributed by atoms with Crippen molar-refractivity contribution < 1.29 is 28.6 Å². The lowest BCUT2D eigenvalue weighted by Gasteiger charge is -2.24. The van der Waals surface area contributed by atoms with Crippen molar-refractivity contribution in [1.29, 1.82) is 0 Å². The number of aryl methyl sites for hydroxylation is 1. The Morgan fingerprint density at radius 1 is 1.02 bits per heavy atom. The van der Waals surface area contributed by atoms with Crippen LogP contribution in [0.4, 0.5) is 5.13 Å². The minimum absolute atomic E-state index is 0.00521. The van der Waals surface area contributed by atoms with Crippen molar-refractivity contribution in [2.24, 2.45) is 0 Å². The SMILES string of the molecule is COc1cc([C@@H]2C(C(=O)c3cc4ccccc4o3)=C(O)C(=O)N2c2nnc(C)s2)ccc1OCc1ccccc1. The summed E-state index contributed by atoms with van der Waals surface area (Å²) in [6, 6.07) is 22.6. The van der Waals surface area contributed by atoms with Gasteiger partial charge in [-0.05, 0) is 42.3 Å². The molecule has 0 radical (unpaired) electrons. The molecule has 6 rings (SSSR count). The van der Waals surface area contributed by atoms with Crippen LogP contribution in [0.3, 0.4) is 0 Å². The van der Waals surface area contributed by atoms with Gasteiger partial charge in [0.1, 0.15) is 17.2 Å². The van der Waals surface area contributed by atoms with Gasteiger partial charge in [0, 0.05) is 5.39 Å². The summed E-state index contributed by atoms with van der Waals surface area (Å²) in [7, 11) is 1.51. The standard InChI is InChI=1S/C30H23N3O6S/c1-17-31-32-30(40-17)33-26(20-12-13-22(23(15-20)37-2)38-16-18-8-4-3-5-9-18)25(28(35)29(33)36)27(34)24-14-19-10-6-7-11-21(19)39-24/h3-15,26,35H,16H2,1-2H3/t26-/m1/s1. The fourth-order valence-electron chi connectivity index (χ4n) is 4.67. The number of Topliss-reactive ketones (excluding diaryl/α,β-unsaturated/α-hetero) is 1. The number of hydrogen-bond acceptors (Lipinski definition) is 9. The second kappa shape index (κ2) is 10.3. The molecule has 0 aliphatic carbocycles. The number of ether oxygens (including phenoxy) is 2. The van der Waals surface area contributed by atoms with Crippen molar-refractivity contribution in [3.8, 4) is 11.5 Å². The van der Waals surface area contributed by atoms with Gasteiger partial charge in [-0.25, -0.2) is 0 Å². The Morgan fingerprint density at radius 2 is 1.80 bits per heavy atom. The largest absolute Gasteiger partial charge is 0.503 e. The molecule has 2 aromatic heterocycles. The fraction of sp³-hybridized carbons (Fsp3) is 0.133. The normalized spacial score (nSPS) is 15.2. The van der Waals surface area contributed by atoms with Crippen LogP contribution in [0.5, 0.6) is 11.5 Å². The van der Waals surface area contributed by atoms with Gasteiger partial charge in [0.15, 0.2) is 23.0 Å². The summed E-state index contributed by atoms with van der Waals surface area (Å²) < 4.78 is 17.4. The van der Waals surface area contributed by atoms with E-state index in [4.69, 9.17) is 13.9 Å². The minimum atomic E-state index is -1.02. The zero-order valence-corrected chi connectivity index (χ0v) is 22.3. The van der Waals surface area contributed by atoms with E-state index in [2.05, 4.69) is 10.2 Å². The molecule has 0 unspecified atom stereocenters. The van der Waals surface area contributed by atoms with Crippen LogP contribution in [-0.4, -0.2) is 34.1 Å². The number of amides is 1. The molecule has 200 valence electrons. The number of ketones is 1. The number of carbonyl (C=O) groups excluding carboxylic acids is 2. The number of aromatic nitrogens is 2. The van der Waals surface area contributed by atoms with Crippen molar-refractivity contribution in [3.63, 3.8) is 0 Å². The highest BCUT2D eigenvalue weighted by molar-refractivity contribution is 7.15. The molecular formula is C30H23N3O6S. The third kappa shape index (κ3) is 4.48. The number of benzene rings is 3. The number of hydrogen-bond donors (Lipinski definition) is 1. The van der Waals surface area contributed by atoms with Crippen molar-refractivity contribution in [2.75, 3.05) is 12.0 Å². The van der Waals surface area contributed by atoms with Crippen LogP contribution in [-0.2, 0) is 11.4 Å². The predicted octanol–water partition coefficient (Wildman–Crippen LogP) is 5.96. The highest BCUT2D eigenvalue weighted by atomic mass is 32.1. The van der Waals surface area contributed by atoms with E-state index in [9.17, 15) is 14.7 Å². The van der Waals surface area contributed by atoms with Gasteiger partial charge in [-0.1, -0.05) is 65.9 Å². The molecule has 0 saturated carbocycles. The van der Waals surface area contributed by atoms with Gasteiger partial charge in [0.2, 0.25) is 10.9 Å². The fourth-order valence-corrected chi connectivity index (χ4v) is 5.38. The lowest BCUT2D eigenvalue weighted by atomic mass is 9.95. The third-order valence-corrected chi connectivity index (χ3v) is 7.40. The maximum absolute atomic E-state index is 13.8. The summed E-state index contributed by atoms with van der Waals surface area (Å²) >= 11 is 1.18. The Hall–Kier alpha value is -4.96. The maximum atomic E-state index is 13.8. The smallest absolute Gasteiger partial charge is 0.296 e. The van der Waals surface area contributed by atoms with Crippen LogP contribution in [0.25, 0.3) is 11.0 Å². The first-order chi connectivity index (χ1) is 19.4. The Labute approximate surface area is 232 Å². The van der Waals surface area contributed by atoms with E-state index in [1.54, 1.807) is 43.3 Å². The van der Waals surface area contributed by atoms with E-state index in [0.29, 0.717) is 34.3 Å². The molecule has 40 heavy (non-hydrogen) atoms. The number of rotatable bonds is 8. The molecule has 1 aliphatic rings. The van der Waals surface area contributed by atoms with Gasteiger partial charge in [-0.15, -0.1) is 10.2 Å². The first kappa shape index (κ1) is 25.3. The van der Waals surface area contributed by atoms with Crippen LogP contribution in [0.15, 0.2) is 94.6 Å². The summed E-state index contributed by atoms with van der Waals surface area (Å²) in [6.07, 6.45) is 0. The molecule has 0 spiro atoms. The second-order valence-electron chi connectivity index (χ2n) is 9.11. The zero-order chi connectivity index (χ0) is 27.8. The number of fused-ring (bicyclic) bond motifs is 1. The van der Waals surface area contributed by atoms with E-state index >= 15 is 0 Å². The van der Waals surface area contributed by atoms with E-state index in [-0.39, 0.29) is 16.5 Å². The van der Waals surface area contributed by atoms with Gasteiger partial charge in [0.05, 0.1) is 18.7 Å². The lowest BCUT2D eigenvalue weighted by Crippen LogP contribution is -2.31. The maximum Gasteiger partial charge on any atom is 0.296 e. The molecule has 1 amide bonds. The summed E-state index contributed by atoms with van der Waals surface area (Å²) in [4.78, 5) is 28.5. The molecule has 0 fully saturated rings. The number of nitrogens with zero attached hydrogens (tertiary/aromatic N) is 3. The van der Waals surface area contributed by atoms with Gasteiger partial charge >= 0.3 is 0 Å². The number of methoxy groups -OCH3 is 1. The predicted molar refractivity (Wildman–Crippen MR) is 149 cm³/mol. The van der Waals surface area contributed by atoms with Crippen LogP contribution in [0.2, 0.25) is 0 Å². The summed E-state index contributed by atoms with van der Waals surface area (Å²) in [6.45, 7) is 2.08. The van der Waals surface area contributed by atoms with E-state index in [1.165, 1.54) is 23.3 Å². The van der Waals surface area contributed by atoms with Gasteiger partial charge in [0.25, 0.3) is 5.91 Å². The second-order valence-corrected chi connectivity index (χ2v) is 10.3. The highest BCUT2D eigenvalue weighted by Gasteiger charge is 2.47. The van der Waals surface area contributed by atoms with Crippen LogP contribution < -0.4 is 14.4 Å². The lowest BCUT2D eigenvalue weighted by molar-refractivity contribution is -0.117. The third-order valence-electron chi connectivity index (χ3n) is 6.56. The van der Waals surface area contributed by atoms with E-state index in [1.807, 2.05) is 42.5 Å². The average molecular weight is 554 g/mol. The molecule has 3 aromatic carbocycles. The molecule has 1 atom stereocenters. The first-order valence-corrected chi connectivity index (χ1v) is 13.2. The average Bonchev–Trinajstić information content (AvgIpc) is 3.68. The number of carbonyl (C=O) groups is 2. The summed E-state index contributed by atoms with van der Waals surface area (Å²) in [5, 5.41) is 20.8. The zero-order valence-electron chi connectivity index (χ0n) is 21.5. The molecule has 5 aromatic rings. The molecule has 1 N–H and O–H groups in total. The van der Waals surface area contributed by atoms with Crippen molar-refractivity contribution in [3.05, 3.63) is 112 Å². The van der Waals surface area contributed by atoms with Crippen LogP contribution >= 0.6 is 11.3 Å². The Bertz CT molecular complexity index is 1740. The Balaban J connectivity index is 1.42. The van der Waals surface area contributed by atoms with Crippen molar-refractivity contribution in [1.82, 2.24) is 10.2 Å². The molecule has 0 bridgehead atoms. The van der Waals surface area contributed by atoms with Crippen molar-refractivity contribution >= 4 is 39.1 Å². The molecule has 3 heterocycles. The number of aliphatic hydroxyl groups is 1. The summed E-state index contributed by atoms with van der Waals surface area (Å²) in [5.41, 5.74) is 1.88. The monoisotopic (exact) mass is 553 g/mol. The highest BCUT2D eigenvalue weighted by Crippen LogP contribution is 2.45. The number of furan rings is 1. The van der Waals surface area contributed by atoms with Crippen LogP contribution in [0.1, 0.15) is 32.7 Å². The Morgan fingerprint density at radius 3 is 2.52 bits per heavy atom. The van der Waals surface area contributed by atoms with Crippen molar-refractivity contribution in [2.45, 2.75) is 19.6 Å². The molecular weight excluding hydrogens is 530 g/mol. The molecule has 10 heteroatoms. The van der Waals surface area contributed by atoms with Gasteiger partial charge < -0.3 is 19.0 Å². The number of para-hydroxylation sites is 1. The Kier molecular flexibility index (Phi) is 6.53. The number of anilines is 1. The van der Waals surface area contributed by atoms with Gasteiger partial charge in [-0.3, -0.25) is 14.5 Å². The quantitative estimate of drug-likeness (QED) is 0.234. The number of aliphatic hydroxyl groups excluding tert-OH is 1. The first-order valence-electron chi connectivity index (χ1n) is 12.4. The van der Waals surface area contributed by atoms with Crippen LogP contribution in [0, 0.1) is 6.92 Å². The molecule has 1 aliphatic heterocycles.